The first-order valence-electron chi connectivity index (χ1n) is 6.74. The highest BCUT2D eigenvalue weighted by Gasteiger charge is 2.39. The van der Waals surface area contributed by atoms with Gasteiger partial charge in [0.25, 0.3) is 5.69 Å². The highest BCUT2D eigenvalue weighted by molar-refractivity contribution is 5.63. The van der Waals surface area contributed by atoms with Gasteiger partial charge in [-0.15, -0.1) is 0 Å². The first-order valence-corrected chi connectivity index (χ1v) is 6.74. The van der Waals surface area contributed by atoms with Gasteiger partial charge < -0.3 is 5.32 Å². The zero-order valence-corrected chi connectivity index (χ0v) is 10.4. The largest absolute Gasteiger partial charge is 0.384 e. The summed E-state index contributed by atoms with van der Waals surface area (Å²) >= 11 is 0. The molecule has 0 bridgehead atoms. The van der Waals surface area contributed by atoms with E-state index in [0.29, 0.717) is 0 Å². The Morgan fingerprint density at radius 3 is 2.56 bits per heavy atom. The van der Waals surface area contributed by atoms with Crippen LogP contribution in [0.15, 0.2) is 18.2 Å². The van der Waals surface area contributed by atoms with E-state index >= 15 is 0 Å². The number of non-ortho nitro benzene ring substituents is 1. The summed E-state index contributed by atoms with van der Waals surface area (Å²) in [5.74, 6) is 0. The fourth-order valence-electron chi connectivity index (χ4n) is 3.45. The van der Waals surface area contributed by atoms with Gasteiger partial charge in [0.05, 0.1) is 4.92 Å². The molecule has 0 aromatic heterocycles. The van der Waals surface area contributed by atoms with Crippen LogP contribution < -0.4 is 5.32 Å². The SMILES string of the molecule is O=[N+]([O-])c1ccc2c(c1)C1(CCCCCC1)CN2. The zero-order valence-electron chi connectivity index (χ0n) is 10.4. The number of nitrogens with zero attached hydrogens (tertiary/aromatic N) is 1. The normalized spacial score (nSPS) is 21.1. The summed E-state index contributed by atoms with van der Waals surface area (Å²) in [6.07, 6.45) is 7.40. The number of hydrogen-bond donors (Lipinski definition) is 1. The van der Waals surface area contributed by atoms with Crippen molar-refractivity contribution in [3.63, 3.8) is 0 Å². The Kier molecular flexibility index (Phi) is 2.73. The van der Waals surface area contributed by atoms with Crippen molar-refractivity contribution in [3.05, 3.63) is 33.9 Å². The van der Waals surface area contributed by atoms with E-state index in [2.05, 4.69) is 5.32 Å². The van der Waals surface area contributed by atoms with Gasteiger partial charge in [0.1, 0.15) is 0 Å². The van der Waals surface area contributed by atoms with Crippen molar-refractivity contribution in [1.82, 2.24) is 0 Å². The number of nitrogens with one attached hydrogen (secondary N) is 1. The van der Waals surface area contributed by atoms with Gasteiger partial charge in [-0.2, -0.15) is 0 Å². The van der Waals surface area contributed by atoms with E-state index in [-0.39, 0.29) is 16.0 Å². The van der Waals surface area contributed by atoms with Crippen LogP contribution in [0.5, 0.6) is 0 Å². The summed E-state index contributed by atoms with van der Waals surface area (Å²) in [7, 11) is 0. The smallest absolute Gasteiger partial charge is 0.269 e. The summed E-state index contributed by atoms with van der Waals surface area (Å²) in [5, 5.41) is 14.4. The van der Waals surface area contributed by atoms with Crippen LogP contribution >= 0.6 is 0 Å². The summed E-state index contributed by atoms with van der Waals surface area (Å²) in [4.78, 5) is 10.6. The lowest BCUT2D eigenvalue weighted by molar-refractivity contribution is -0.384. The van der Waals surface area contributed by atoms with Gasteiger partial charge in [-0.25, -0.2) is 0 Å². The second-order valence-electron chi connectivity index (χ2n) is 5.54. The molecule has 1 aromatic carbocycles. The van der Waals surface area contributed by atoms with Gasteiger partial charge in [-0.3, -0.25) is 10.1 Å². The number of nitro groups is 1. The molecule has 0 saturated heterocycles. The Morgan fingerprint density at radius 2 is 1.89 bits per heavy atom. The molecular weight excluding hydrogens is 228 g/mol. The van der Waals surface area contributed by atoms with E-state index in [1.807, 2.05) is 6.07 Å². The van der Waals surface area contributed by atoms with Crippen molar-refractivity contribution in [1.29, 1.82) is 0 Å². The van der Waals surface area contributed by atoms with Crippen molar-refractivity contribution in [2.45, 2.75) is 43.9 Å². The number of anilines is 1. The zero-order chi connectivity index (χ0) is 12.6. The minimum Gasteiger partial charge on any atom is -0.384 e. The topological polar surface area (TPSA) is 55.2 Å². The van der Waals surface area contributed by atoms with Crippen molar-refractivity contribution in [3.8, 4) is 0 Å². The van der Waals surface area contributed by atoms with Crippen LogP contribution in [0.3, 0.4) is 0 Å². The van der Waals surface area contributed by atoms with E-state index < -0.39 is 0 Å². The lowest BCUT2D eigenvalue weighted by Gasteiger charge is -2.27. The Hall–Kier alpha value is -1.58. The number of rotatable bonds is 1. The molecule has 1 spiro atoms. The molecule has 1 fully saturated rings. The standard InChI is InChI=1S/C14H18N2O2/c17-16(18)11-5-6-13-12(9-11)14(10-15-13)7-3-1-2-4-8-14/h5-6,9,15H,1-4,7-8,10H2. The fourth-order valence-corrected chi connectivity index (χ4v) is 3.45. The third-order valence-electron chi connectivity index (χ3n) is 4.46. The van der Waals surface area contributed by atoms with E-state index in [9.17, 15) is 10.1 Å². The van der Waals surface area contributed by atoms with Gasteiger partial charge in [-0.05, 0) is 24.5 Å². The number of nitro benzene ring substituents is 1. The molecule has 0 amide bonds. The molecule has 1 aromatic rings. The lowest BCUT2D eigenvalue weighted by atomic mass is 9.76. The average molecular weight is 246 g/mol. The molecule has 2 aliphatic rings. The van der Waals surface area contributed by atoms with Crippen LogP contribution in [-0.2, 0) is 5.41 Å². The van der Waals surface area contributed by atoms with E-state index in [1.54, 1.807) is 12.1 Å². The molecule has 96 valence electrons. The molecule has 1 heterocycles. The first-order chi connectivity index (χ1) is 8.71. The molecule has 1 saturated carbocycles. The summed E-state index contributed by atoms with van der Waals surface area (Å²) in [5.41, 5.74) is 2.65. The molecule has 4 heteroatoms. The fraction of sp³-hybridized carbons (Fsp3) is 0.571. The molecule has 1 N–H and O–H groups in total. The predicted octanol–water partition coefficient (Wildman–Crippen LogP) is 3.61. The second-order valence-corrected chi connectivity index (χ2v) is 5.54. The van der Waals surface area contributed by atoms with Crippen LogP contribution in [0.25, 0.3) is 0 Å². The number of hydrogen-bond acceptors (Lipinski definition) is 3. The molecule has 0 radical (unpaired) electrons. The lowest BCUT2D eigenvalue weighted by Crippen LogP contribution is -2.27. The predicted molar refractivity (Wildman–Crippen MR) is 71.0 cm³/mol. The highest BCUT2D eigenvalue weighted by Crippen LogP contribution is 2.46. The number of fused-ring (bicyclic) bond motifs is 2. The Labute approximate surface area is 107 Å². The van der Waals surface area contributed by atoms with Crippen LogP contribution in [0.1, 0.15) is 44.1 Å². The maximum Gasteiger partial charge on any atom is 0.269 e. The molecule has 1 aliphatic carbocycles. The average Bonchev–Trinajstić information content (AvgIpc) is 2.57. The van der Waals surface area contributed by atoms with Gasteiger partial charge in [0, 0.05) is 29.8 Å². The third kappa shape index (κ3) is 1.76. The van der Waals surface area contributed by atoms with Crippen LogP contribution in [-0.4, -0.2) is 11.5 Å². The Bertz CT molecular complexity index is 477. The second kappa shape index (κ2) is 4.26. The molecule has 4 nitrogen and oxygen atoms in total. The maximum absolute atomic E-state index is 10.9. The molecule has 0 unspecified atom stereocenters. The highest BCUT2D eigenvalue weighted by atomic mass is 16.6. The summed E-state index contributed by atoms with van der Waals surface area (Å²) in [6, 6.07) is 5.26. The Morgan fingerprint density at radius 1 is 1.17 bits per heavy atom. The van der Waals surface area contributed by atoms with Crippen LogP contribution in [0.4, 0.5) is 11.4 Å². The van der Waals surface area contributed by atoms with Crippen molar-refractivity contribution in [2.75, 3.05) is 11.9 Å². The molecular formula is C14H18N2O2. The summed E-state index contributed by atoms with van der Waals surface area (Å²) in [6.45, 7) is 0.948. The van der Waals surface area contributed by atoms with Gasteiger partial charge in [0.2, 0.25) is 0 Å². The first kappa shape index (κ1) is 11.5. The van der Waals surface area contributed by atoms with Gasteiger partial charge >= 0.3 is 0 Å². The minimum atomic E-state index is -0.289. The van der Waals surface area contributed by atoms with Crippen molar-refractivity contribution in [2.24, 2.45) is 0 Å². The molecule has 0 atom stereocenters. The quantitative estimate of drug-likeness (QED) is 0.608. The summed E-state index contributed by atoms with van der Waals surface area (Å²) < 4.78 is 0. The monoisotopic (exact) mass is 246 g/mol. The molecule has 18 heavy (non-hydrogen) atoms. The molecule has 1 aliphatic heterocycles. The van der Waals surface area contributed by atoms with Gasteiger partial charge in [0.15, 0.2) is 0 Å². The third-order valence-corrected chi connectivity index (χ3v) is 4.46. The Balaban J connectivity index is 2.02. The van der Waals surface area contributed by atoms with Crippen LogP contribution in [0.2, 0.25) is 0 Å². The number of benzene rings is 1. The molecule has 3 rings (SSSR count). The minimum absolute atomic E-state index is 0.151. The van der Waals surface area contributed by atoms with Crippen molar-refractivity contribution >= 4 is 11.4 Å². The van der Waals surface area contributed by atoms with E-state index in [0.717, 1.165) is 25.1 Å². The van der Waals surface area contributed by atoms with Crippen LogP contribution in [0, 0.1) is 10.1 Å². The van der Waals surface area contributed by atoms with E-state index in [1.165, 1.54) is 31.2 Å². The van der Waals surface area contributed by atoms with Crippen molar-refractivity contribution < 1.29 is 4.92 Å². The van der Waals surface area contributed by atoms with Gasteiger partial charge in [-0.1, -0.05) is 25.7 Å². The maximum atomic E-state index is 10.9. The van der Waals surface area contributed by atoms with E-state index in [4.69, 9.17) is 0 Å².